The van der Waals surface area contributed by atoms with Crippen molar-refractivity contribution < 1.29 is 23.5 Å². The van der Waals surface area contributed by atoms with Gasteiger partial charge < -0.3 is 29.0 Å². The van der Waals surface area contributed by atoms with E-state index < -0.39 is 6.09 Å². The Bertz CT molecular complexity index is 1120. The van der Waals surface area contributed by atoms with E-state index in [0.29, 0.717) is 53.3 Å². The number of hydrogen-bond donors (Lipinski definition) is 1. The normalized spacial score (nSPS) is 15.0. The summed E-state index contributed by atoms with van der Waals surface area (Å²) in [6, 6.07) is 6.12. The first-order valence-electron chi connectivity index (χ1n) is 12.0. The zero-order valence-corrected chi connectivity index (χ0v) is 22.3. The van der Waals surface area contributed by atoms with E-state index in [4.69, 9.17) is 30.3 Å². The fourth-order valence-corrected chi connectivity index (χ4v) is 5.02. The van der Waals surface area contributed by atoms with Gasteiger partial charge in [0.25, 0.3) is 0 Å². The van der Waals surface area contributed by atoms with Crippen LogP contribution in [0.2, 0.25) is 4.34 Å². The maximum atomic E-state index is 12.7. The van der Waals surface area contributed by atoms with E-state index in [2.05, 4.69) is 34.2 Å². The van der Waals surface area contributed by atoms with Gasteiger partial charge in [0.2, 0.25) is 5.88 Å². The summed E-state index contributed by atoms with van der Waals surface area (Å²) in [4.78, 5) is 20.4. The number of nitrogens with zero attached hydrogens (tertiary/aromatic N) is 4. The monoisotopic (exact) mass is 537 g/mol. The van der Waals surface area contributed by atoms with Gasteiger partial charge in [0.15, 0.2) is 5.76 Å². The number of hydrogen-bond acceptors (Lipinski definition) is 9. The summed E-state index contributed by atoms with van der Waals surface area (Å²) in [6.07, 6.45) is 2.80. The van der Waals surface area contributed by atoms with Crippen molar-refractivity contribution in [2.75, 3.05) is 33.4 Å². The third kappa shape index (κ3) is 7.07. The van der Waals surface area contributed by atoms with Crippen molar-refractivity contribution >= 4 is 29.0 Å². The summed E-state index contributed by atoms with van der Waals surface area (Å²) in [5.74, 6) is 1.52. The highest BCUT2D eigenvalue weighted by atomic mass is 35.5. The van der Waals surface area contributed by atoms with Crippen molar-refractivity contribution in [2.45, 2.75) is 51.9 Å². The van der Waals surface area contributed by atoms with Crippen molar-refractivity contribution in [1.29, 1.82) is 0 Å². The number of amides is 1. The lowest BCUT2D eigenvalue weighted by molar-refractivity contribution is 0.0572. The average Bonchev–Trinajstić information content (AvgIpc) is 3.59. The second-order valence-corrected chi connectivity index (χ2v) is 10.6. The third-order valence-corrected chi connectivity index (χ3v) is 7.28. The average molecular weight is 538 g/mol. The fourth-order valence-electron chi connectivity index (χ4n) is 4.03. The molecule has 0 radical (unpaired) electrons. The number of nitrogens with one attached hydrogen (secondary N) is 1. The Morgan fingerprint density at radius 3 is 2.81 bits per heavy atom. The first-order chi connectivity index (χ1) is 17.4. The van der Waals surface area contributed by atoms with Gasteiger partial charge in [-0.2, -0.15) is 0 Å². The number of imidazole rings is 1. The molecule has 0 unspecified atom stereocenters. The molecule has 0 aromatic carbocycles. The summed E-state index contributed by atoms with van der Waals surface area (Å²) in [5.41, 5.74) is 0.650. The molecule has 0 aliphatic carbocycles. The molecule has 1 amide bonds. The van der Waals surface area contributed by atoms with E-state index in [1.807, 2.05) is 18.2 Å². The molecular weight excluding hydrogens is 506 g/mol. The topological polar surface area (TPSA) is 104 Å². The van der Waals surface area contributed by atoms with Gasteiger partial charge in [-0.25, -0.2) is 9.78 Å². The molecule has 4 rings (SSSR count). The zero-order chi connectivity index (χ0) is 25.5. The molecule has 12 heteroatoms. The summed E-state index contributed by atoms with van der Waals surface area (Å²) in [5, 5.41) is 7.17. The second-order valence-electron chi connectivity index (χ2n) is 8.87. The quantitative estimate of drug-likeness (QED) is 0.358. The predicted molar refractivity (Wildman–Crippen MR) is 137 cm³/mol. The minimum atomic E-state index is -0.500. The van der Waals surface area contributed by atoms with Crippen LogP contribution in [0.1, 0.15) is 38.2 Å². The summed E-state index contributed by atoms with van der Waals surface area (Å²) in [7, 11) is 1.62. The van der Waals surface area contributed by atoms with Crippen LogP contribution in [-0.4, -0.2) is 71.2 Å². The largest absolute Gasteiger partial charge is 0.414 e. The van der Waals surface area contributed by atoms with Crippen LogP contribution in [0.4, 0.5) is 4.79 Å². The molecule has 3 aromatic rings. The van der Waals surface area contributed by atoms with E-state index in [0.717, 1.165) is 30.8 Å². The van der Waals surface area contributed by atoms with Gasteiger partial charge in [0, 0.05) is 38.3 Å². The van der Waals surface area contributed by atoms with Crippen LogP contribution in [0.3, 0.4) is 0 Å². The smallest absolute Gasteiger partial charge is 0.391 e. The first-order valence-corrected chi connectivity index (χ1v) is 13.2. The van der Waals surface area contributed by atoms with Gasteiger partial charge in [0.1, 0.15) is 18.1 Å². The summed E-state index contributed by atoms with van der Waals surface area (Å²) >= 11 is 7.46. The van der Waals surface area contributed by atoms with Crippen molar-refractivity contribution in [3.05, 3.63) is 40.3 Å². The van der Waals surface area contributed by atoms with Gasteiger partial charge in [-0.3, -0.25) is 4.57 Å². The van der Waals surface area contributed by atoms with Crippen LogP contribution in [0.5, 0.6) is 5.88 Å². The van der Waals surface area contributed by atoms with E-state index in [-0.39, 0.29) is 12.6 Å². The lowest BCUT2D eigenvalue weighted by atomic mass is 10.0. The van der Waals surface area contributed by atoms with E-state index >= 15 is 0 Å². The molecular formula is C24H32ClN5O5S. The molecule has 196 valence electrons. The van der Waals surface area contributed by atoms with Crippen LogP contribution in [-0.2, 0) is 22.6 Å². The van der Waals surface area contributed by atoms with Crippen LogP contribution >= 0.6 is 22.9 Å². The van der Waals surface area contributed by atoms with Gasteiger partial charge in [-0.15, -0.1) is 11.3 Å². The standard InChI is InChI=1S/C24H32ClN5O5S/c1-16(2)29-8-6-17(7-9-29)27-24(31)34-23-13-26-22(15-33-11-10-32-3)30(23)14-18-12-19(35-28-18)20-4-5-21(25)36-20/h4-5,12-13,16-17H,6-11,14-15H2,1-3H3,(H,27,31). The molecule has 0 atom stereocenters. The number of likely N-dealkylation sites (tertiary alicyclic amines) is 1. The molecule has 1 fully saturated rings. The maximum Gasteiger partial charge on any atom is 0.414 e. The fraction of sp³-hybridized carbons (Fsp3) is 0.542. The van der Waals surface area contributed by atoms with Crippen molar-refractivity contribution in [3.63, 3.8) is 0 Å². The lowest BCUT2D eigenvalue weighted by Crippen LogP contribution is -2.47. The number of aromatic nitrogens is 3. The van der Waals surface area contributed by atoms with Gasteiger partial charge in [-0.1, -0.05) is 16.8 Å². The number of rotatable bonds is 11. The Hall–Kier alpha value is -2.44. The number of thiophene rings is 1. The Labute approximate surface area is 219 Å². The maximum absolute atomic E-state index is 12.7. The highest BCUT2D eigenvalue weighted by Gasteiger charge is 2.24. The number of halogens is 1. The molecule has 0 bridgehead atoms. The Morgan fingerprint density at radius 2 is 2.11 bits per heavy atom. The molecule has 1 aliphatic heterocycles. The Morgan fingerprint density at radius 1 is 1.31 bits per heavy atom. The minimum absolute atomic E-state index is 0.0800. The molecule has 1 N–H and O–H groups in total. The summed E-state index contributed by atoms with van der Waals surface area (Å²) < 4.78 is 24.3. The van der Waals surface area contributed by atoms with Crippen molar-refractivity contribution in [2.24, 2.45) is 0 Å². The molecule has 1 saturated heterocycles. The van der Waals surface area contributed by atoms with Gasteiger partial charge in [0.05, 0.1) is 35.2 Å². The SMILES string of the molecule is COCCOCc1ncc(OC(=O)NC2CCN(C(C)C)CC2)n1Cc1cc(-c2ccc(Cl)s2)on1. The van der Waals surface area contributed by atoms with Gasteiger partial charge >= 0.3 is 6.09 Å². The highest BCUT2D eigenvalue weighted by Crippen LogP contribution is 2.31. The molecule has 0 saturated carbocycles. The first kappa shape index (κ1) is 26.6. The molecule has 4 heterocycles. The van der Waals surface area contributed by atoms with E-state index in [1.165, 1.54) is 17.5 Å². The second kappa shape index (κ2) is 12.7. The van der Waals surface area contributed by atoms with E-state index in [1.54, 1.807) is 11.7 Å². The number of piperidine rings is 1. The van der Waals surface area contributed by atoms with Gasteiger partial charge in [-0.05, 0) is 38.8 Å². The number of methoxy groups -OCH3 is 1. The molecule has 1 aliphatic rings. The predicted octanol–water partition coefficient (Wildman–Crippen LogP) is 4.43. The molecule has 36 heavy (non-hydrogen) atoms. The highest BCUT2D eigenvalue weighted by molar-refractivity contribution is 7.19. The molecule has 3 aromatic heterocycles. The van der Waals surface area contributed by atoms with Crippen LogP contribution in [0.25, 0.3) is 10.6 Å². The van der Waals surface area contributed by atoms with Crippen LogP contribution < -0.4 is 10.1 Å². The van der Waals surface area contributed by atoms with Crippen molar-refractivity contribution in [3.8, 4) is 16.5 Å². The Kier molecular flexibility index (Phi) is 9.38. The molecule has 0 spiro atoms. The van der Waals surface area contributed by atoms with Crippen molar-refractivity contribution in [1.82, 2.24) is 24.9 Å². The number of carbonyl (C=O) groups is 1. The third-order valence-electron chi connectivity index (χ3n) is 6.04. The van der Waals surface area contributed by atoms with E-state index in [9.17, 15) is 4.79 Å². The zero-order valence-electron chi connectivity index (χ0n) is 20.7. The molecule has 10 nitrogen and oxygen atoms in total. The minimum Gasteiger partial charge on any atom is -0.391 e. The summed E-state index contributed by atoms with van der Waals surface area (Å²) in [6.45, 7) is 7.69. The number of ether oxygens (including phenoxy) is 3. The van der Waals surface area contributed by atoms with Crippen LogP contribution in [0.15, 0.2) is 28.9 Å². The number of carbonyl (C=O) groups excluding carboxylic acids is 1. The van der Waals surface area contributed by atoms with Crippen LogP contribution in [0, 0.1) is 0 Å². The lowest BCUT2D eigenvalue weighted by Gasteiger charge is -2.34. The Balaban J connectivity index is 1.43.